The van der Waals surface area contributed by atoms with Gasteiger partial charge >= 0.3 is 0 Å². The zero-order valence-electron chi connectivity index (χ0n) is 10.9. The van der Waals surface area contributed by atoms with E-state index in [0.29, 0.717) is 12.6 Å². The van der Waals surface area contributed by atoms with E-state index in [0.717, 1.165) is 10.9 Å². The van der Waals surface area contributed by atoms with E-state index in [1.165, 1.54) is 22.5 Å². The van der Waals surface area contributed by atoms with E-state index in [4.69, 9.17) is 5.73 Å². The molecule has 0 aliphatic carbocycles. The molecule has 2 nitrogen and oxygen atoms in total. The molecule has 2 N–H and O–H groups in total. The van der Waals surface area contributed by atoms with E-state index < -0.39 is 0 Å². The Morgan fingerprint density at radius 1 is 1.16 bits per heavy atom. The summed E-state index contributed by atoms with van der Waals surface area (Å²) >= 11 is 3.61. The van der Waals surface area contributed by atoms with Gasteiger partial charge in [0.1, 0.15) is 0 Å². The Kier molecular flexibility index (Phi) is 3.33. The molecule has 1 aliphatic rings. The highest BCUT2D eigenvalue weighted by atomic mass is 79.9. The summed E-state index contributed by atoms with van der Waals surface area (Å²) in [5, 5.41) is 0. The molecule has 3 heteroatoms. The lowest BCUT2D eigenvalue weighted by molar-refractivity contribution is 0.754. The molecular weight excluding hydrogens is 300 g/mol. The lowest BCUT2D eigenvalue weighted by atomic mass is 10.1. The van der Waals surface area contributed by atoms with Crippen LogP contribution in [-0.4, -0.2) is 6.04 Å². The molecule has 0 saturated carbocycles. The molecule has 2 aromatic carbocycles. The minimum Gasteiger partial charge on any atom is -0.338 e. The van der Waals surface area contributed by atoms with Gasteiger partial charge in [-0.2, -0.15) is 0 Å². The standard InChI is InChI=1S/C16H17BrN2/c1-11-9-12-5-2-3-7-15(12)19(11)16-8-4-6-14(17)13(16)10-18/h2-8,11H,9-10,18H2,1H3. The van der Waals surface area contributed by atoms with E-state index in [2.05, 4.69) is 70.2 Å². The van der Waals surface area contributed by atoms with Crippen LogP contribution in [0.3, 0.4) is 0 Å². The third-order valence-corrected chi connectivity index (χ3v) is 4.51. The first-order valence-electron chi connectivity index (χ1n) is 6.57. The Balaban J connectivity index is 2.15. The van der Waals surface area contributed by atoms with Gasteiger partial charge in [-0.1, -0.05) is 40.2 Å². The average Bonchev–Trinajstić information content (AvgIpc) is 2.74. The van der Waals surface area contributed by atoms with Crippen molar-refractivity contribution in [2.45, 2.75) is 25.9 Å². The largest absolute Gasteiger partial charge is 0.338 e. The van der Waals surface area contributed by atoms with Gasteiger partial charge in [-0.15, -0.1) is 0 Å². The van der Waals surface area contributed by atoms with Crippen LogP contribution in [-0.2, 0) is 13.0 Å². The summed E-state index contributed by atoms with van der Waals surface area (Å²) < 4.78 is 1.09. The second-order valence-corrected chi connectivity index (χ2v) is 5.85. The highest BCUT2D eigenvalue weighted by Crippen LogP contribution is 2.40. The molecule has 19 heavy (non-hydrogen) atoms. The van der Waals surface area contributed by atoms with Gasteiger partial charge in [0.2, 0.25) is 0 Å². The summed E-state index contributed by atoms with van der Waals surface area (Å²) in [6.45, 7) is 2.81. The summed E-state index contributed by atoms with van der Waals surface area (Å²) in [6.07, 6.45) is 1.09. The van der Waals surface area contributed by atoms with Crippen molar-refractivity contribution in [1.82, 2.24) is 0 Å². The highest BCUT2D eigenvalue weighted by molar-refractivity contribution is 9.10. The second-order valence-electron chi connectivity index (χ2n) is 4.99. The minimum absolute atomic E-state index is 0.469. The molecule has 0 amide bonds. The number of benzene rings is 2. The number of anilines is 2. The Morgan fingerprint density at radius 2 is 1.89 bits per heavy atom. The van der Waals surface area contributed by atoms with E-state index in [9.17, 15) is 0 Å². The SMILES string of the molecule is CC1Cc2ccccc2N1c1cccc(Br)c1CN. The van der Waals surface area contributed by atoms with Crippen molar-refractivity contribution in [3.05, 3.63) is 58.1 Å². The van der Waals surface area contributed by atoms with Crippen molar-refractivity contribution in [2.75, 3.05) is 4.90 Å². The highest BCUT2D eigenvalue weighted by Gasteiger charge is 2.28. The van der Waals surface area contributed by atoms with Gasteiger partial charge in [-0.25, -0.2) is 0 Å². The smallest absolute Gasteiger partial charge is 0.0470 e. The molecule has 0 spiro atoms. The fraction of sp³-hybridized carbons (Fsp3) is 0.250. The van der Waals surface area contributed by atoms with Gasteiger partial charge in [0.25, 0.3) is 0 Å². The van der Waals surface area contributed by atoms with Gasteiger partial charge in [0, 0.05) is 34.0 Å². The molecule has 1 unspecified atom stereocenters. The number of halogens is 1. The fourth-order valence-electron chi connectivity index (χ4n) is 2.91. The molecule has 0 bridgehead atoms. The van der Waals surface area contributed by atoms with Crippen molar-refractivity contribution >= 4 is 27.3 Å². The summed E-state index contributed by atoms with van der Waals surface area (Å²) in [5.74, 6) is 0. The van der Waals surface area contributed by atoms with Crippen molar-refractivity contribution in [3.8, 4) is 0 Å². The van der Waals surface area contributed by atoms with Crippen molar-refractivity contribution < 1.29 is 0 Å². The van der Waals surface area contributed by atoms with E-state index >= 15 is 0 Å². The van der Waals surface area contributed by atoms with Gasteiger partial charge in [-0.05, 0) is 37.1 Å². The Labute approximate surface area is 122 Å². The fourth-order valence-corrected chi connectivity index (χ4v) is 3.43. The molecule has 1 atom stereocenters. The van der Waals surface area contributed by atoms with Gasteiger partial charge in [-0.3, -0.25) is 0 Å². The van der Waals surface area contributed by atoms with E-state index in [-0.39, 0.29) is 0 Å². The van der Waals surface area contributed by atoms with Crippen LogP contribution in [0.15, 0.2) is 46.9 Å². The lowest BCUT2D eigenvalue weighted by Crippen LogP contribution is -2.25. The second kappa shape index (κ2) is 4.99. The van der Waals surface area contributed by atoms with Crippen LogP contribution in [0.1, 0.15) is 18.1 Å². The topological polar surface area (TPSA) is 29.3 Å². The lowest BCUT2D eigenvalue weighted by Gasteiger charge is -2.27. The van der Waals surface area contributed by atoms with Crippen molar-refractivity contribution in [1.29, 1.82) is 0 Å². The summed E-state index contributed by atoms with van der Waals surface area (Å²) in [4.78, 5) is 2.41. The molecule has 98 valence electrons. The number of nitrogens with two attached hydrogens (primary N) is 1. The first-order valence-corrected chi connectivity index (χ1v) is 7.36. The first-order chi connectivity index (χ1) is 9.22. The molecule has 1 heterocycles. The summed E-state index contributed by atoms with van der Waals surface area (Å²) in [7, 11) is 0. The Morgan fingerprint density at radius 3 is 2.68 bits per heavy atom. The number of para-hydroxylation sites is 1. The third kappa shape index (κ3) is 2.07. The maximum absolute atomic E-state index is 5.93. The molecule has 0 radical (unpaired) electrons. The van der Waals surface area contributed by atoms with Gasteiger partial charge < -0.3 is 10.6 Å². The van der Waals surface area contributed by atoms with Crippen molar-refractivity contribution in [3.63, 3.8) is 0 Å². The van der Waals surface area contributed by atoms with Gasteiger partial charge in [0.05, 0.1) is 0 Å². The van der Waals surface area contributed by atoms with Crippen LogP contribution >= 0.6 is 15.9 Å². The van der Waals surface area contributed by atoms with Gasteiger partial charge in [0.15, 0.2) is 0 Å². The number of nitrogens with zero attached hydrogens (tertiary/aromatic N) is 1. The normalized spacial score (nSPS) is 17.6. The van der Waals surface area contributed by atoms with Crippen LogP contribution in [0.25, 0.3) is 0 Å². The monoisotopic (exact) mass is 316 g/mol. The van der Waals surface area contributed by atoms with Crippen LogP contribution in [0.4, 0.5) is 11.4 Å². The van der Waals surface area contributed by atoms with Crippen molar-refractivity contribution in [2.24, 2.45) is 5.73 Å². The Bertz CT molecular complexity index is 609. The first kappa shape index (κ1) is 12.7. The van der Waals surface area contributed by atoms with Crippen LogP contribution < -0.4 is 10.6 Å². The zero-order chi connectivity index (χ0) is 13.4. The maximum Gasteiger partial charge on any atom is 0.0470 e. The number of hydrogen-bond acceptors (Lipinski definition) is 2. The minimum atomic E-state index is 0.469. The number of hydrogen-bond donors (Lipinski definition) is 1. The molecule has 0 aromatic heterocycles. The molecule has 0 saturated heterocycles. The third-order valence-electron chi connectivity index (χ3n) is 3.77. The number of fused-ring (bicyclic) bond motifs is 1. The summed E-state index contributed by atoms with van der Waals surface area (Å²) in [6, 6.07) is 15.4. The predicted molar refractivity (Wildman–Crippen MR) is 83.8 cm³/mol. The summed E-state index contributed by atoms with van der Waals surface area (Å²) in [5.41, 5.74) is 11.0. The Hall–Kier alpha value is -1.32. The molecule has 2 aromatic rings. The van der Waals surface area contributed by atoms with Crippen LogP contribution in [0.5, 0.6) is 0 Å². The van der Waals surface area contributed by atoms with Crippen LogP contribution in [0.2, 0.25) is 0 Å². The van der Waals surface area contributed by atoms with Crippen LogP contribution in [0, 0.1) is 0 Å². The quantitative estimate of drug-likeness (QED) is 0.907. The molecular formula is C16H17BrN2. The maximum atomic E-state index is 5.93. The molecule has 3 rings (SSSR count). The van der Waals surface area contributed by atoms with E-state index in [1.54, 1.807) is 0 Å². The molecule has 0 fully saturated rings. The number of rotatable bonds is 2. The average molecular weight is 317 g/mol. The molecule has 1 aliphatic heterocycles. The van der Waals surface area contributed by atoms with E-state index in [1.807, 2.05) is 0 Å². The zero-order valence-corrected chi connectivity index (χ0v) is 12.5. The predicted octanol–water partition coefficient (Wildman–Crippen LogP) is 3.99.